The molecule has 0 saturated heterocycles. The normalized spacial score (nSPS) is 11.4. The Labute approximate surface area is 306 Å². The minimum Gasteiger partial charge on any atom is -0.454 e. The lowest BCUT2D eigenvalue weighted by molar-refractivity contribution is 0.620. The minimum atomic E-state index is 0.561. The Kier molecular flexibility index (Phi) is 7.43. The van der Waals surface area contributed by atoms with Crippen LogP contribution in [-0.2, 0) is 0 Å². The van der Waals surface area contributed by atoms with Gasteiger partial charge in [-0.1, -0.05) is 146 Å². The second-order valence-corrected chi connectivity index (χ2v) is 13.2. The zero-order valence-electron chi connectivity index (χ0n) is 28.7. The monoisotopic (exact) mass is 680 g/mol. The van der Waals surface area contributed by atoms with E-state index in [0.29, 0.717) is 11.5 Å². The van der Waals surface area contributed by atoms with Crippen molar-refractivity contribution in [2.45, 2.75) is 0 Å². The molecule has 0 unspecified atom stereocenters. The molecule has 0 spiro atoms. The van der Waals surface area contributed by atoms with E-state index in [0.717, 1.165) is 72.3 Å². The van der Waals surface area contributed by atoms with Crippen molar-refractivity contribution < 1.29 is 8.83 Å². The third kappa shape index (κ3) is 5.54. The molecular weight excluding hydrogens is 649 g/mol. The zero-order chi connectivity index (χ0) is 35.1. The second-order valence-electron chi connectivity index (χ2n) is 13.2. The zero-order valence-corrected chi connectivity index (χ0v) is 28.7. The van der Waals surface area contributed by atoms with Crippen molar-refractivity contribution in [2.75, 3.05) is 4.90 Å². The van der Waals surface area contributed by atoms with Gasteiger partial charge in [0.1, 0.15) is 16.8 Å². The number of benzene rings is 8. The predicted molar refractivity (Wildman–Crippen MR) is 218 cm³/mol. The maximum atomic E-state index is 6.76. The fraction of sp³-hybridized carbons (Fsp3) is 0. The molecule has 0 fully saturated rings. The van der Waals surface area contributed by atoms with Crippen LogP contribution in [0.1, 0.15) is 0 Å². The maximum absolute atomic E-state index is 6.76. The number of oxazole rings is 1. The van der Waals surface area contributed by atoms with Crippen molar-refractivity contribution >= 4 is 50.1 Å². The topological polar surface area (TPSA) is 42.4 Å². The Bertz CT molecular complexity index is 2860. The Morgan fingerprint density at radius 1 is 0.358 bits per heavy atom. The van der Waals surface area contributed by atoms with Gasteiger partial charge in [-0.05, 0) is 81.9 Å². The van der Waals surface area contributed by atoms with Gasteiger partial charge in [-0.15, -0.1) is 0 Å². The molecule has 0 amide bonds. The summed E-state index contributed by atoms with van der Waals surface area (Å²) in [5.41, 5.74) is 13.6. The molecule has 8 aromatic carbocycles. The molecule has 0 N–H and O–H groups in total. The molecule has 10 rings (SSSR count). The number of rotatable bonds is 7. The molecule has 2 heterocycles. The van der Waals surface area contributed by atoms with Crippen LogP contribution in [0.3, 0.4) is 0 Å². The fourth-order valence-corrected chi connectivity index (χ4v) is 7.29. The first kappa shape index (κ1) is 30.6. The Balaban J connectivity index is 1.18. The van der Waals surface area contributed by atoms with E-state index in [1.807, 2.05) is 60.7 Å². The highest BCUT2D eigenvalue weighted by Crippen LogP contribution is 2.47. The Morgan fingerprint density at radius 2 is 0.887 bits per heavy atom. The molecular formula is C49H32N2O2. The van der Waals surface area contributed by atoms with Gasteiger partial charge in [-0.25, -0.2) is 4.98 Å². The smallest absolute Gasteiger partial charge is 0.227 e. The molecule has 4 nitrogen and oxygen atoms in total. The van der Waals surface area contributed by atoms with Crippen LogP contribution in [0.5, 0.6) is 0 Å². The van der Waals surface area contributed by atoms with Gasteiger partial charge in [-0.3, -0.25) is 0 Å². The SMILES string of the molecule is c1ccc(-c2ccc(-c3ccc(N(c4cccc(-c5ccccc5)c4)c4c5nc(-c6ccccc6)oc5cc5c4oc4ccccc45)cc3)cc2)cc1. The summed E-state index contributed by atoms with van der Waals surface area (Å²) in [6.45, 7) is 0. The highest BCUT2D eigenvalue weighted by Gasteiger charge is 2.26. The molecule has 0 aliphatic carbocycles. The molecule has 0 saturated carbocycles. The first-order chi connectivity index (χ1) is 26.3. The molecule has 0 aliphatic heterocycles. The molecule has 10 aromatic rings. The van der Waals surface area contributed by atoms with Crippen molar-refractivity contribution in [3.8, 4) is 44.8 Å². The lowest BCUT2D eigenvalue weighted by atomic mass is 10.00. The van der Waals surface area contributed by atoms with Crippen molar-refractivity contribution in [2.24, 2.45) is 0 Å². The number of fused-ring (bicyclic) bond motifs is 4. The number of hydrogen-bond acceptors (Lipinski definition) is 4. The highest BCUT2D eigenvalue weighted by molar-refractivity contribution is 6.17. The molecule has 0 bridgehead atoms. The number of aromatic nitrogens is 1. The van der Waals surface area contributed by atoms with Crippen LogP contribution in [0.4, 0.5) is 17.1 Å². The standard InChI is InChI=1S/C49H32N2O2/c1-4-13-33(14-5-1)35-23-25-36(26-24-35)37-27-29-40(30-28-37)51(41-20-12-19-39(31-41)34-15-6-2-7-16-34)47-46-45(53-49(50-46)38-17-8-3-9-18-38)32-43-42-21-10-11-22-44(42)52-48(43)47/h1-32H. The van der Waals surface area contributed by atoms with E-state index in [1.54, 1.807) is 0 Å². The third-order valence-electron chi connectivity index (χ3n) is 9.91. The summed E-state index contributed by atoms with van der Waals surface area (Å²) in [7, 11) is 0. The van der Waals surface area contributed by atoms with Crippen LogP contribution in [0.2, 0.25) is 0 Å². The van der Waals surface area contributed by atoms with Crippen LogP contribution < -0.4 is 4.90 Å². The fourth-order valence-electron chi connectivity index (χ4n) is 7.29. The van der Waals surface area contributed by atoms with Gasteiger partial charge in [0.05, 0.1) is 0 Å². The van der Waals surface area contributed by atoms with Gasteiger partial charge < -0.3 is 13.7 Å². The van der Waals surface area contributed by atoms with Crippen LogP contribution in [0.15, 0.2) is 203 Å². The van der Waals surface area contributed by atoms with Crippen LogP contribution in [0, 0.1) is 0 Å². The molecule has 53 heavy (non-hydrogen) atoms. The average molecular weight is 681 g/mol. The largest absolute Gasteiger partial charge is 0.454 e. The van der Waals surface area contributed by atoms with Gasteiger partial charge in [0.2, 0.25) is 5.89 Å². The highest BCUT2D eigenvalue weighted by atomic mass is 16.4. The van der Waals surface area contributed by atoms with E-state index in [2.05, 4.69) is 138 Å². The van der Waals surface area contributed by atoms with E-state index in [4.69, 9.17) is 13.8 Å². The number of furan rings is 1. The number of para-hydroxylation sites is 1. The Hall–Kier alpha value is -7.17. The van der Waals surface area contributed by atoms with Crippen molar-refractivity contribution in [3.05, 3.63) is 194 Å². The van der Waals surface area contributed by atoms with E-state index in [-0.39, 0.29) is 0 Å². The van der Waals surface area contributed by atoms with E-state index in [1.165, 1.54) is 11.1 Å². The summed E-state index contributed by atoms with van der Waals surface area (Å²) >= 11 is 0. The molecule has 2 aromatic heterocycles. The molecule has 250 valence electrons. The maximum Gasteiger partial charge on any atom is 0.227 e. The number of hydrogen-bond donors (Lipinski definition) is 0. The Morgan fingerprint density at radius 3 is 1.55 bits per heavy atom. The van der Waals surface area contributed by atoms with Gasteiger partial charge in [0.25, 0.3) is 0 Å². The summed E-state index contributed by atoms with van der Waals surface area (Å²) < 4.78 is 13.3. The van der Waals surface area contributed by atoms with Crippen molar-refractivity contribution in [1.82, 2.24) is 4.98 Å². The van der Waals surface area contributed by atoms with Crippen molar-refractivity contribution in [1.29, 1.82) is 0 Å². The molecule has 4 heteroatoms. The summed E-state index contributed by atoms with van der Waals surface area (Å²) in [5.74, 6) is 0.561. The van der Waals surface area contributed by atoms with Crippen LogP contribution >= 0.6 is 0 Å². The summed E-state index contributed by atoms with van der Waals surface area (Å²) in [6, 6.07) is 67.4. The van der Waals surface area contributed by atoms with Gasteiger partial charge in [0, 0.05) is 27.7 Å². The minimum absolute atomic E-state index is 0.561. The lowest BCUT2D eigenvalue weighted by Crippen LogP contribution is -2.11. The summed E-state index contributed by atoms with van der Waals surface area (Å²) in [4.78, 5) is 7.45. The van der Waals surface area contributed by atoms with E-state index < -0.39 is 0 Å². The lowest BCUT2D eigenvalue weighted by Gasteiger charge is -2.26. The second kappa shape index (κ2) is 12.9. The van der Waals surface area contributed by atoms with Gasteiger partial charge in [0.15, 0.2) is 11.2 Å². The first-order valence-corrected chi connectivity index (χ1v) is 17.8. The van der Waals surface area contributed by atoms with Gasteiger partial charge in [-0.2, -0.15) is 0 Å². The van der Waals surface area contributed by atoms with E-state index >= 15 is 0 Å². The van der Waals surface area contributed by atoms with Gasteiger partial charge >= 0.3 is 0 Å². The van der Waals surface area contributed by atoms with Crippen LogP contribution in [0.25, 0.3) is 77.9 Å². The molecule has 0 aliphatic rings. The first-order valence-electron chi connectivity index (χ1n) is 17.8. The third-order valence-corrected chi connectivity index (χ3v) is 9.91. The molecule has 0 radical (unpaired) electrons. The summed E-state index contributed by atoms with van der Waals surface area (Å²) in [5, 5.41) is 1.99. The predicted octanol–water partition coefficient (Wildman–Crippen LogP) is 13.9. The molecule has 0 atom stereocenters. The van der Waals surface area contributed by atoms with Crippen molar-refractivity contribution in [3.63, 3.8) is 0 Å². The van der Waals surface area contributed by atoms with Crippen LogP contribution in [-0.4, -0.2) is 4.98 Å². The number of nitrogens with zero attached hydrogens (tertiary/aromatic N) is 2. The summed E-state index contributed by atoms with van der Waals surface area (Å²) in [6.07, 6.45) is 0. The van der Waals surface area contributed by atoms with E-state index in [9.17, 15) is 0 Å². The number of anilines is 3. The quantitative estimate of drug-likeness (QED) is 0.168. The average Bonchev–Trinajstić information content (AvgIpc) is 3.84.